The number of aryl methyl sites for hydroxylation is 1. The summed E-state index contributed by atoms with van der Waals surface area (Å²) < 4.78 is 0. The van der Waals surface area contributed by atoms with Crippen LogP contribution in [0.4, 0.5) is 0 Å². The minimum absolute atomic E-state index is 0.430. The number of nitrogens with zero attached hydrogens (tertiary/aromatic N) is 2. The summed E-state index contributed by atoms with van der Waals surface area (Å²) in [7, 11) is 0. The van der Waals surface area contributed by atoms with Gasteiger partial charge in [-0.15, -0.1) is 0 Å². The van der Waals surface area contributed by atoms with Crippen molar-refractivity contribution in [2.75, 3.05) is 0 Å². The first-order valence-corrected chi connectivity index (χ1v) is 7.64. The summed E-state index contributed by atoms with van der Waals surface area (Å²) in [5.74, 6) is 0.430. The van der Waals surface area contributed by atoms with Crippen LogP contribution in [0.5, 0.6) is 0 Å². The topological polar surface area (TPSA) is 25.8 Å². The number of hydrogen-bond acceptors (Lipinski definition) is 2. The minimum atomic E-state index is 0.430. The molecule has 3 aromatic rings. The number of rotatable bonds is 3. The Morgan fingerprint density at radius 1 is 0.818 bits per heavy atom. The first-order chi connectivity index (χ1) is 10.6. The lowest BCUT2D eigenvalue weighted by atomic mass is 10.0. The normalized spacial score (nSPS) is 10.9. The Labute approximate surface area is 131 Å². The van der Waals surface area contributed by atoms with Crippen LogP contribution < -0.4 is 0 Å². The lowest BCUT2D eigenvalue weighted by Gasteiger charge is -2.08. The molecule has 0 N–H and O–H groups in total. The third kappa shape index (κ3) is 2.91. The van der Waals surface area contributed by atoms with Gasteiger partial charge in [0, 0.05) is 23.0 Å². The van der Waals surface area contributed by atoms with Crippen molar-refractivity contribution in [2.24, 2.45) is 0 Å². The fraction of sp³-hybridized carbons (Fsp3) is 0.200. The van der Waals surface area contributed by atoms with E-state index < -0.39 is 0 Å². The Bertz CT molecular complexity index is 774. The molecule has 0 bridgehead atoms. The second-order valence-electron chi connectivity index (χ2n) is 5.85. The molecule has 0 radical (unpaired) electrons. The Morgan fingerprint density at radius 3 is 2.32 bits per heavy atom. The van der Waals surface area contributed by atoms with E-state index in [1.54, 1.807) is 0 Å². The van der Waals surface area contributed by atoms with Crippen molar-refractivity contribution in [2.45, 2.75) is 26.7 Å². The molecule has 0 aliphatic rings. The Hall–Kier alpha value is -2.48. The SMILES string of the molecule is Cc1ccccc1-c1ccc(-c2cccc(C(C)C)n2)cn1. The van der Waals surface area contributed by atoms with Crippen LogP contribution >= 0.6 is 0 Å². The van der Waals surface area contributed by atoms with Gasteiger partial charge < -0.3 is 0 Å². The molecule has 110 valence electrons. The van der Waals surface area contributed by atoms with Crippen molar-refractivity contribution < 1.29 is 0 Å². The van der Waals surface area contributed by atoms with Crippen LogP contribution in [-0.4, -0.2) is 9.97 Å². The maximum Gasteiger partial charge on any atom is 0.0720 e. The van der Waals surface area contributed by atoms with Crippen LogP contribution in [0.15, 0.2) is 60.8 Å². The molecule has 2 heterocycles. The van der Waals surface area contributed by atoms with Gasteiger partial charge in [-0.1, -0.05) is 44.2 Å². The van der Waals surface area contributed by atoms with E-state index in [0.29, 0.717) is 5.92 Å². The summed E-state index contributed by atoms with van der Waals surface area (Å²) in [6.07, 6.45) is 1.91. The summed E-state index contributed by atoms with van der Waals surface area (Å²) in [6, 6.07) is 18.7. The summed E-state index contributed by atoms with van der Waals surface area (Å²) in [4.78, 5) is 9.34. The van der Waals surface area contributed by atoms with Gasteiger partial charge in [-0.3, -0.25) is 9.97 Å². The molecule has 0 amide bonds. The highest BCUT2D eigenvalue weighted by molar-refractivity contribution is 5.66. The fourth-order valence-electron chi connectivity index (χ4n) is 2.50. The van der Waals surface area contributed by atoms with Gasteiger partial charge in [-0.25, -0.2) is 0 Å². The molecule has 0 atom stereocenters. The zero-order chi connectivity index (χ0) is 15.5. The molecule has 3 rings (SSSR count). The van der Waals surface area contributed by atoms with Crippen molar-refractivity contribution in [3.8, 4) is 22.5 Å². The molecule has 0 saturated heterocycles. The average molecular weight is 288 g/mol. The molecule has 0 aliphatic carbocycles. The molecule has 1 aromatic carbocycles. The lowest BCUT2D eigenvalue weighted by Crippen LogP contribution is -1.94. The maximum atomic E-state index is 4.72. The molecule has 2 heteroatoms. The highest BCUT2D eigenvalue weighted by atomic mass is 14.7. The second-order valence-corrected chi connectivity index (χ2v) is 5.85. The van der Waals surface area contributed by atoms with E-state index in [1.807, 2.05) is 18.3 Å². The van der Waals surface area contributed by atoms with E-state index in [-0.39, 0.29) is 0 Å². The predicted octanol–water partition coefficient (Wildman–Crippen LogP) is 5.24. The molecule has 0 unspecified atom stereocenters. The molecular weight excluding hydrogens is 268 g/mol. The van der Waals surface area contributed by atoms with Crippen molar-refractivity contribution in [1.82, 2.24) is 9.97 Å². The fourth-order valence-corrected chi connectivity index (χ4v) is 2.50. The van der Waals surface area contributed by atoms with Crippen LogP contribution in [0.25, 0.3) is 22.5 Å². The van der Waals surface area contributed by atoms with Gasteiger partial charge in [-0.2, -0.15) is 0 Å². The lowest BCUT2D eigenvalue weighted by molar-refractivity contribution is 0.824. The second kappa shape index (κ2) is 6.10. The highest BCUT2D eigenvalue weighted by Crippen LogP contribution is 2.24. The first-order valence-electron chi connectivity index (χ1n) is 7.64. The third-order valence-corrected chi connectivity index (χ3v) is 3.84. The molecule has 2 aromatic heterocycles. The smallest absolute Gasteiger partial charge is 0.0720 e. The van der Waals surface area contributed by atoms with Crippen LogP contribution in [-0.2, 0) is 0 Å². The van der Waals surface area contributed by atoms with Gasteiger partial charge >= 0.3 is 0 Å². The average Bonchev–Trinajstić information content (AvgIpc) is 2.56. The first kappa shape index (κ1) is 14.5. The van der Waals surface area contributed by atoms with E-state index in [2.05, 4.69) is 68.2 Å². The summed E-state index contributed by atoms with van der Waals surface area (Å²) in [5, 5.41) is 0. The van der Waals surface area contributed by atoms with Gasteiger partial charge in [0.1, 0.15) is 0 Å². The van der Waals surface area contributed by atoms with Crippen molar-refractivity contribution in [1.29, 1.82) is 0 Å². The van der Waals surface area contributed by atoms with Crippen molar-refractivity contribution >= 4 is 0 Å². The molecule has 22 heavy (non-hydrogen) atoms. The van der Waals surface area contributed by atoms with E-state index in [0.717, 1.165) is 22.6 Å². The summed E-state index contributed by atoms with van der Waals surface area (Å²) >= 11 is 0. The van der Waals surface area contributed by atoms with Gasteiger partial charge in [0.15, 0.2) is 0 Å². The number of hydrogen-bond donors (Lipinski definition) is 0. The van der Waals surface area contributed by atoms with E-state index in [9.17, 15) is 0 Å². The summed E-state index contributed by atoms with van der Waals surface area (Å²) in [5.41, 5.74) is 6.57. The molecule has 0 spiro atoms. The van der Waals surface area contributed by atoms with Gasteiger partial charge in [-0.05, 0) is 42.7 Å². The van der Waals surface area contributed by atoms with Gasteiger partial charge in [0.25, 0.3) is 0 Å². The van der Waals surface area contributed by atoms with E-state index in [4.69, 9.17) is 4.98 Å². The highest BCUT2D eigenvalue weighted by Gasteiger charge is 2.06. The molecule has 0 saturated carbocycles. The van der Waals surface area contributed by atoms with Gasteiger partial charge in [0.05, 0.1) is 11.4 Å². The van der Waals surface area contributed by atoms with Crippen LogP contribution in [0.2, 0.25) is 0 Å². The van der Waals surface area contributed by atoms with E-state index in [1.165, 1.54) is 11.1 Å². The zero-order valence-corrected chi connectivity index (χ0v) is 13.2. The number of aromatic nitrogens is 2. The quantitative estimate of drug-likeness (QED) is 0.658. The predicted molar refractivity (Wildman–Crippen MR) is 91.7 cm³/mol. The van der Waals surface area contributed by atoms with Crippen molar-refractivity contribution in [3.05, 3.63) is 72.1 Å². The maximum absolute atomic E-state index is 4.72. The van der Waals surface area contributed by atoms with Crippen LogP contribution in [0.1, 0.15) is 31.0 Å². The van der Waals surface area contributed by atoms with Gasteiger partial charge in [0.2, 0.25) is 0 Å². The van der Waals surface area contributed by atoms with E-state index >= 15 is 0 Å². The monoisotopic (exact) mass is 288 g/mol. The largest absolute Gasteiger partial charge is 0.256 e. The standard InChI is InChI=1S/C20H20N2/c1-14(2)18-9-6-10-19(22-18)16-11-12-20(21-13-16)17-8-5-4-7-15(17)3/h4-14H,1-3H3. The number of pyridine rings is 2. The number of benzene rings is 1. The van der Waals surface area contributed by atoms with Crippen molar-refractivity contribution in [3.63, 3.8) is 0 Å². The molecule has 0 fully saturated rings. The Balaban J connectivity index is 1.95. The Morgan fingerprint density at radius 2 is 1.64 bits per heavy atom. The van der Waals surface area contributed by atoms with Crippen LogP contribution in [0.3, 0.4) is 0 Å². The third-order valence-electron chi connectivity index (χ3n) is 3.84. The molecule has 2 nitrogen and oxygen atoms in total. The molecule has 0 aliphatic heterocycles. The Kier molecular flexibility index (Phi) is 4.01. The van der Waals surface area contributed by atoms with Crippen LogP contribution in [0, 0.1) is 6.92 Å². The molecular formula is C20H20N2. The summed E-state index contributed by atoms with van der Waals surface area (Å²) in [6.45, 7) is 6.43. The minimum Gasteiger partial charge on any atom is -0.256 e. The zero-order valence-electron chi connectivity index (χ0n) is 13.2.